The van der Waals surface area contributed by atoms with Crippen LogP contribution in [-0.2, 0) is 6.54 Å². The molecule has 0 amide bonds. The molecule has 1 saturated carbocycles. The Balaban J connectivity index is 1.59. The van der Waals surface area contributed by atoms with Crippen molar-refractivity contribution in [2.75, 3.05) is 13.1 Å². The molecule has 2 aliphatic rings. The maximum atomic E-state index is 8.82. The van der Waals surface area contributed by atoms with Gasteiger partial charge in [0.05, 0.1) is 12.0 Å². The number of hydrogen-bond acceptors (Lipinski definition) is 2. The van der Waals surface area contributed by atoms with Gasteiger partial charge in [0.2, 0.25) is 0 Å². The molecule has 1 saturated heterocycles. The number of benzene rings is 1. The molecular weight excluding hydrogens is 184 g/mol. The van der Waals surface area contributed by atoms with Crippen molar-refractivity contribution >= 4 is 0 Å². The van der Waals surface area contributed by atoms with Crippen LogP contribution in [0.3, 0.4) is 0 Å². The van der Waals surface area contributed by atoms with Crippen LogP contribution in [-0.4, -0.2) is 18.0 Å². The van der Waals surface area contributed by atoms with Crippen LogP contribution in [0.1, 0.15) is 5.56 Å². The van der Waals surface area contributed by atoms with E-state index >= 15 is 0 Å². The van der Waals surface area contributed by atoms with E-state index in [1.54, 1.807) is 0 Å². The molecule has 0 aromatic heterocycles. The van der Waals surface area contributed by atoms with E-state index in [9.17, 15) is 0 Å². The van der Waals surface area contributed by atoms with Crippen LogP contribution >= 0.6 is 0 Å². The van der Waals surface area contributed by atoms with Crippen molar-refractivity contribution in [1.29, 1.82) is 5.26 Å². The zero-order chi connectivity index (χ0) is 10.3. The van der Waals surface area contributed by atoms with Crippen LogP contribution in [0.5, 0.6) is 0 Å². The molecule has 0 N–H and O–H groups in total. The minimum absolute atomic E-state index is 0.372. The lowest BCUT2D eigenvalue weighted by molar-refractivity contribution is 0.287. The lowest BCUT2D eigenvalue weighted by Gasteiger charge is -2.17. The molecule has 0 spiro atoms. The molecule has 1 aromatic rings. The molecular formula is C13H14N2. The first kappa shape index (κ1) is 8.94. The number of likely N-dealkylation sites (tertiary alicyclic amines) is 1. The predicted octanol–water partition coefficient (Wildman–Crippen LogP) is 1.89. The van der Waals surface area contributed by atoms with Gasteiger partial charge in [-0.1, -0.05) is 30.3 Å². The van der Waals surface area contributed by atoms with Gasteiger partial charge in [0.1, 0.15) is 0 Å². The van der Waals surface area contributed by atoms with Crippen molar-refractivity contribution in [2.24, 2.45) is 17.8 Å². The van der Waals surface area contributed by atoms with Crippen LogP contribution in [0.2, 0.25) is 0 Å². The summed E-state index contributed by atoms with van der Waals surface area (Å²) in [6, 6.07) is 13.0. The van der Waals surface area contributed by atoms with E-state index in [2.05, 4.69) is 41.3 Å². The van der Waals surface area contributed by atoms with Crippen molar-refractivity contribution in [3.63, 3.8) is 0 Å². The summed E-state index contributed by atoms with van der Waals surface area (Å²) in [6.45, 7) is 3.29. The summed E-state index contributed by atoms with van der Waals surface area (Å²) in [6.07, 6.45) is 0. The Labute approximate surface area is 90.1 Å². The molecule has 1 unspecified atom stereocenters. The summed E-state index contributed by atoms with van der Waals surface area (Å²) in [4.78, 5) is 2.47. The van der Waals surface area contributed by atoms with Gasteiger partial charge in [0.25, 0.3) is 0 Å². The van der Waals surface area contributed by atoms with Crippen molar-refractivity contribution in [1.82, 2.24) is 4.90 Å². The highest BCUT2D eigenvalue weighted by atomic mass is 15.2. The van der Waals surface area contributed by atoms with E-state index in [1.165, 1.54) is 5.56 Å². The second kappa shape index (κ2) is 3.36. The summed E-state index contributed by atoms with van der Waals surface area (Å²) in [5, 5.41) is 8.82. The van der Waals surface area contributed by atoms with Gasteiger partial charge in [-0.05, 0) is 17.4 Å². The number of nitriles is 1. The minimum Gasteiger partial charge on any atom is -0.298 e. The molecule has 2 heteroatoms. The largest absolute Gasteiger partial charge is 0.298 e. The van der Waals surface area contributed by atoms with Gasteiger partial charge in [-0.15, -0.1) is 0 Å². The van der Waals surface area contributed by atoms with Crippen LogP contribution in [0, 0.1) is 29.1 Å². The van der Waals surface area contributed by atoms with Crippen molar-refractivity contribution in [2.45, 2.75) is 6.54 Å². The molecule has 0 bridgehead atoms. The molecule has 76 valence electrons. The molecule has 1 heterocycles. The van der Waals surface area contributed by atoms with Gasteiger partial charge >= 0.3 is 0 Å². The van der Waals surface area contributed by atoms with Gasteiger partial charge in [-0.3, -0.25) is 4.90 Å². The lowest BCUT2D eigenvalue weighted by Crippen LogP contribution is -2.23. The van der Waals surface area contributed by atoms with Crippen LogP contribution in [0.15, 0.2) is 30.3 Å². The Kier molecular flexibility index (Phi) is 2.00. The van der Waals surface area contributed by atoms with E-state index in [0.29, 0.717) is 17.8 Å². The standard InChI is InChI=1S/C13H14N2/c14-6-11-12-8-15(9-13(11)12)7-10-4-2-1-3-5-10/h1-5,11-13H,7-9H2/t11?,12-,13+. The third-order valence-electron chi connectivity index (χ3n) is 3.67. The lowest BCUT2D eigenvalue weighted by atomic mass is 10.2. The minimum atomic E-state index is 0.372. The highest BCUT2D eigenvalue weighted by molar-refractivity contribution is 5.18. The summed E-state index contributed by atoms with van der Waals surface area (Å²) >= 11 is 0. The number of hydrogen-bond donors (Lipinski definition) is 0. The quantitative estimate of drug-likeness (QED) is 0.725. The molecule has 1 aromatic carbocycles. The van der Waals surface area contributed by atoms with E-state index < -0.39 is 0 Å². The van der Waals surface area contributed by atoms with Crippen molar-refractivity contribution in [3.8, 4) is 6.07 Å². The fraction of sp³-hybridized carbons (Fsp3) is 0.462. The van der Waals surface area contributed by atoms with Gasteiger partial charge in [-0.2, -0.15) is 5.26 Å². The van der Waals surface area contributed by atoms with Crippen LogP contribution in [0.25, 0.3) is 0 Å². The molecule has 3 rings (SSSR count). The summed E-state index contributed by atoms with van der Waals surface area (Å²) in [7, 11) is 0. The average Bonchev–Trinajstić information content (AvgIpc) is 2.75. The topological polar surface area (TPSA) is 27.0 Å². The van der Waals surface area contributed by atoms with Gasteiger partial charge in [-0.25, -0.2) is 0 Å². The molecule has 15 heavy (non-hydrogen) atoms. The van der Waals surface area contributed by atoms with Crippen LogP contribution < -0.4 is 0 Å². The number of nitrogens with zero attached hydrogens (tertiary/aromatic N) is 2. The van der Waals surface area contributed by atoms with Crippen molar-refractivity contribution < 1.29 is 0 Å². The summed E-state index contributed by atoms with van der Waals surface area (Å²) in [5.41, 5.74) is 1.38. The summed E-state index contributed by atoms with van der Waals surface area (Å²) < 4.78 is 0. The molecule has 1 aliphatic carbocycles. The Bertz CT molecular complexity index is 381. The molecule has 2 nitrogen and oxygen atoms in total. The highest BCUT2D eigenvalue weighted by Gasteiger charge is 2.55. The van der Waals surface area contributed by atoms with E-state index in [1.807, 2.05) is 0 Å². The normalized spacial score (nSPS) is 33.4. The van der Waals surface area contributed by atoms with E-state index in [0.717, 1.165) is 19.6 Å². The third kappa shape index (κ3) is 1.53. The average molecular weight is 198 g/mol. The molecule has 3 atom stereocenters. The third-order valence-corrected chi connectivity index (χ3v) is 3.67. The maximum absolute atomic E-state index is 8.82. The number of piperidine rings is 1. The highest BCUT2D eigenvalue weighted by Crippen LogP contribution is 2.51. The zero-order valence-corrected chi connectivity index (χ0v) is 8.63. The predicted molar refractivity (Wildman–Crippen MR) is 57.8 cm³/mol. The zero-order valence-electron chi connectivity index (χ0n) is 8.63. The first-order valence-corrected chi connectivity index (χ1v) is 5.54. The van der Waals surface area contributed by atoms with E-state index in [-0.39, 0.29) is 0 Å². The van der Waals surface area contributed by atoms with Gasteiger partial charge in [0.15, 0.2) is 0 Å². The van der Waals surface area contributed by atoms with E-state index in [4.69, 9.17) is 5.26 Å². The Hall–Kier alpha value is -1.33. The Morgan fingerprint density at radius 2 is 1.87 bits per heavy atom. The second-order valence-electron chi connectivity index (χ2n) is 4.66. The first-order chi connectivity index (χ1) is 7.38. The van der Waals surface area contributed by atoms with Gasteiger partial charge in [0, 0.05) is 19.6 Å². The molecule has 0 radical (unpaired) electrons. The van der Waals surface area contributed by atoms with Crippen molar-refractivity contribution in [3.05, 3.63) is 35.9 Å². The number of fused-ring (bicyclic) bond motifs is 1. The first-order valence-electron chi connectivity index (χ1n) is 5.54. The number of rotatable bonds is 2. The smallest absolute Gasteiger partial charge is 0.0662 e. The second-order valence-corrected chi connectivity index (χ2v) is 4.66. The van der Waals surface area contributed by atoms with Crippen LogP contribution in [0.4, 0.5) is 0 Å². The maximum Gasteiger partial charge on any atom is 0.0662 e. The fourth-order valence-electron chi connectivity index (χ4n) is 2.78. The Morgan fingerprint density at radius 3 is 2.47 bits per heavy atom. The summed E-state index contributed by atoms with van der Waals surface area (Å²) in [5.74, 6) is 1.73. The SMILES string of the molecule is N#CC1[C@H]2CN(Cc3ccccc3)C[C@@H]12. The molecule has 1 aliphatic heterocycles. The Morgan fingerprint density at radius 1 is 1.20 bits per heavy atom. The fourth-order valence-corrected chi connectivity index (χ4v) is 2.78. The monoisotopic (exact) mass is 198 g/mol. The van der Waals surface area contributed by atoms with Gasteiger partial charge < -0.3 is 0 Å². The molecule has 2 fully saturated rings.